The zero-order valence-electron chi connectivity index (χ0n) is 11.1. The van der Waals surface area contributed by atoms with E-state index < -0.39 is 37.9 Å². The summed E-state index contributed by atoms with van der Waals surface area (Å²) in [6.07, 6.45) is -0.298. The van der Waals surface area contributed by atoms with Gasteiger partial charge < -0.3 is 4.74 Å². The van der Waals surface area contributed by atoms with Crippen LogP contribution in [0.15, 0.2) is 29.2 Å². The Bertz CT molecular complexity index is 558. The topological polar surface area (TPSA) is 60.4 Å². The second kappa shape index (κ2) is 5.69. The molecule has 0 saturated carbocycles. The van der Waals surface area contributed by atoms with Crippen LogP contribution in [0.4, 0.5) is 4.39 Å². The van der Waals surface area contributed by atoms with Crippen LogP contribution in [0.1, 0.15) is 27.2 Å². The summed E-state index contributed by atoms with van der Waals surface area (Å²) >= 11 is 0. The van der Waals surface area contributed by atoms with Crippen molar-refractivity contribution in [2.24, 2.45) is 0 Å². The Kier molecular flexibility index (Phi) is 4.68. The SMILES string of the molecule is CC(C)(C)OC(=O)CCS(=O)(=O)c1ccccc1F. The number of carbonyl (C=O) groups is 1. The van der Waals surface area contributed by atoms with Crippen LogP contribution in [0.3, 0.4) is 0 Å². The molecule has 19 heavy (non-hydrogen) atoms. The van der Waals surface area contributed by atoms with Gasteiger partial charge in [-0.25, -0.2) is 12.8 Å². The number of esters is 1. The summed E-state index contributed by atoms with van der Waals surface area (Å²) in [5, 5.41) is 0. The monoisotopic (exact) mass is 288 g/mol. The van der Waals surface area contributed by atoms with Crippen molar-refractivity contribution >= 4 is 15.8 Å². The summed E-state index contributed by atoms with van der Waals surface area (Å²) in [4.78, 5) is 11.1. The van der Waals surface area contributed by atoms with Crippen molar-refractivity contribution in [1.82, 2.24) is 0 Å². The van der Waals surface area contributed by atoms with Gasteiger partial charge in [0.1, 0.15) is 16.3 Å². The highest BCUT2D eigenvalue weighted by molar-refractivity contribution is 7.91. The molecule has 0 aliphatic heterocycles. The Morgan fingerprint density at radius 1 is 1.26 bits per heavy atom. The van der Waals surface area contributed by atoms with E-state index in [1.54, 1.807) is 20.8 Å². The number of benzene rings is 1. The van der Waals surface area contributed by atoms with E-state index in [-0.39, 0.29) is 6.42 Å². The first-order valence-corrected chi connectivity index (χ1v) is 7.46. The summed E-state index contributed by atoms with van der Waals surface area (Å²) in [5.41, 5.74) is -0.668. The molecule has 0 heterocycles. The molecule has 0 unspecified atom stereocenters. The third-order valence-corrected chi connectivity index (χ3v) is 3.91. The standard InChI is InChI=1S/C13H17FO4S/c1-13(2,3)18-12(15)8-9-19(16,17)11-7-5-4-6-10(11)14/h4-7H,8-9H2,1-3H3. The van der Waals surface area contributed by atoms with Crippen molar-refractivity contribution < 1.29 is 22.3 Å². The van der Waals surface area contributed by atoms with Crippen molar-refractivity contribution in [3.63, 3.8) is 0 Å². The van der Waals surface area contributed by atoms with Crippen LogP contribution in [0.2, 0.25) is 0 Å². The summed E-state index contributed by atoms with van der Waals surface area (Å²) < 4.78 is 42.1. The Balaban J connectivity index is 2.72. The molecule has 0 spiro atoms. The van der Waals surface area contributed by atoms with Gasteiger partial charge in [0.25, 0.3) is 0 Å². The molecular weight excluding hydrogens is 271 g/mol. The molecule has 6 heteroatoms. The van der Waals surface area contributed by atoms with E-state index in [4.69, 9.17) is 4.74 Å². The molecule has 0 fully saturated rings. The third kappa shape index (κ3) is 4.98. The maximum absolute atomic E-state index is 13.4. The second-order valence-electron chi connectivity index (χ2n) is 5.09. The Labute approximate surface area is 112 Å². The van der Waals surface area contributed by atoms with E-state index >= 15 is 0 Å². The Morgan fingerprint density at radius 3 is 2.37 bits per heavy atom. The molecule has 0 bridgehead atoms. The van der Waals surface area contributed by atoms with Crippen molar-refractivity contribution in [2.75, 3.05) is 5.75 Å². The molecule has 1 rings (SSSR count). The second-order valence-corrected chi connectivity index (χ2v) is 7.16. The molecule has 0 aliphatic carbocycles. The molecule has 0 aliphatic rings. The smallest absolute Gasteiger partial charge is 0.307 e. The first-order chi connectivity index (χ1) is 8.62. The van der Waals surface area contributed by atoms with Crippen LogP contribution >= 0.6 is 0 Å². The minimum absolute atomic E-state index is 0.298. The average Bonchev–Trinajstić information content (AvgIpc) is 2.24. The maximum atomic E-state index is 13.4. The van der Waals surface area contributed by atoms with Crippen LogP contribution < -0.4 is 0 Å². The van der Waals surface area contributed by atoms with Crippen molar-refractivity contribution in [3.8, 4) is 0 Å². The van der Waals surface area contributed by atoms with Crippen LogP contribution in [-0.4, -0.2) is 25.7 Å². The van der Waals surface area contributed by atoms with Gasteiger partial charge in [0.15, 0.2) is 9.84 Å². The predicted molar refractivity (Wildman–Crippen MR) is 68.9 cm³/mol. The number of halogens is 1. The summed E-state index contributed by atoms with van der Waals surface area (Å²) in [6, 6.07) is 5.09. The van der Waals surface area contributed by atoms with Gasteiger partial charge in [0.2, 0.25) is 0 Å². The fourth-order valence-electron chi connectivity index (χ4n) is 1.42. The molecular formula is C13H17FO4S. The zero-order valence-corrected chi connectivity index (χ0v) is 12.0. The fourth-order valence-corrected chi connectivity index (χ4v) is 2.72. The largest absolute Gasteiger partial charge is 0.460 e. The predicted octanol–water partition coefficient (Wildman–Crippen LogP) is 2.33. The van der Waals surface area contributed by atoms with Crippen LogP contribution in [-0.2, 0) is 19.4 Å². The summed E-state index contributed by atoms with van der Waals surface area (Å²) in [7, 11) is -3.82. The number of hydrogen-bond acceptors (Lipinski definition) is 4. The van der Waals surface area contributed by atoms with Gasteiger partial charge >= 0.3 is 5.97 Å². The lowest BCUT2D eigenvalue weighted by Gasteiger charge is -2.19. The van der Waals surface area contributed by atoms with Crippen LogP contribution in [0, 0.1) is 5.82 Å². The highest BCUT2D eigenvalue weighted by atomic mass is 32.2. The van der Waals surface area contributed by atoms with Gasteiger partial charge in [-0.05, 0) is 32.9 Å². The highest BCUT2D eigenvalue weighted by Crippen LogP contribution is 2.17. The van der Waals surface area contributed by atoms with Crippen LogP contribution in [0.5, 0.6) is 0 Å². The highest BCUT2D eigenvalue weighted by Gasteiger charge is 2.22. The average molecular weight is 288 g/mol. The molecule has 106 valence electrons. The molecule has 0 saturated heterocycles. The minimum atomic E-state index is -3.82. The number of sulfone groups is 1. The fraction of sp³-hybridized carbons (Fsp3) is 0.462. The molecule has 0 aromatic heterocycles. The zero-order chi connectivity index (χ0) is 14.7. The molecule has 1 aromatic carbocycles. The maximum Gasteiger partial charge on any atom is 0.307 e. The van der Waals surface area contributed by atoms with Gasteiger partial charge in [-0.1, -0.05) is 12.1 Å². The van der Waals surface area contributed by atoms with Crippen molar-refractivity contribution in [2.45, 2.75) is 37.7 Å². The van der Waals surface area contributed by atoms with Crippen LogP contribution in [0.25, 0.3) is 0 Å². The first kappa shape index (κ1) is 15.6. The van der Waals surface area contributed by atoms with Gasteiger partial charge in [-0.3, -0.25) is 4.79 Å². The Hall–Kier alpha value is -1.43. The normalized spacial score (nSPS) is 12.2. The number of carbonyl (C=O) groups excluding carboxylic acids is 1. The van der Waals surface area contributed by atoms with Gasteiger partial charge in [-0.2, -0.15) is 0 Å². The van der Waals surface area contributed by atoms with E-state index in [0.29, 0.717) is 0 Å². The lowest BCUT2D eigenvalue weighted by atomic mass is 10.2. The minimum Gasteiger partial charge on any atom is -0.460 e. The van der Waals surface area contributed by atoms with E-state index in [1.807, 2.05) is 0 Å². The Morgan fingerprint density at radius 2 is 1.84 bits per heavy atom. The van der Waals surface area contributed by atoms with Gasteiger partial charge in [0.05, 0.1) is 12.2 Å². The van der Waals surface area contributed by atoms with E-state index in [0.717, 1.165) is 6.07 Å². The number of rotatable bonds is 4. The summed E-state index contributed by atoms with van der Waals surface area (Å²) in [5.74, 6) is -1.90. The lowest BCUT2D eigenvalue weighted by molar-refractivity contribution is -0.154. The molecule has 0 radical (unpaired) electrons. The number of hydrogen-bond donors (Lipinski definition) is 0. The van der Waals surface area contributed by atoms with E-state index in [2.05, 4.69) is 0 Å². The van der Waals surface area contributed by atoms with Gasteiger partial charge in [-0.15, -0.1) is 0 Å². The van der Waals surface area contributed by atoms with Crippen molar-refractivity contribution in [3.05, 3.63) is 30.1 Å². The molecule has 0 N–H and O–H groups in total. The molecule has 0 amide bonds. The lowest BCUT2D eigenvalue weighted by Crippen LogP contribution is -2.25. The molecule has 0 atom stereocenters. The first-order valence-electron chi connectivity index (χ1n) is 5.81. The summed E-state index contributed by atoms with van der Waals surface area (Å²) in [6.45, 7) is 5.07. The van der Waals surface area contributed by atoms with E-state index in [9.17, 15) is 17.6 Å². The van der Waals surface area contributed by atoms with E-state index in [1.165, 1.54) is 18.2 Å². The third-order valence-electron chi connectivity index (χ3n) is 2.17. The molecule has 1 aromatic rings. The number of ether oxygens (including phenoxy) is 1. The van der Waals surface area contributed by atoms with Gasteiger partial charge in [0, 0.05) is 0 Å². The van der Waals surface area contributed by atoms with Crippen molar-refractivity contribution in [1.29, 1.82) is 0 Å². The quantitative estimate of drug-likeness (QED) is 0.798. The molecule has 4 nitrogen and oxygen atoms in total.